The summed E-state index contributed by atoms with van der Waals surface area (Å²) in [5.74, 6) is -5.24. The zero-order chi connectivity index (χ0) is 31.7. The van der Waals surface area contributed by atoms with Crippen LogP contribution in [0.2, 0.25) is 0 Å². The van der Waals surface area contributed by atoms with Gasteiger partial charge in [-0.1, -0.05) is 95.5 Å². The zero-order valence-electron chi connectivity index (χ0n) is 23.5. The number of benzene rings is 6. The van der Waals surface area contributed by atoms with E-state index in [9.17, 15) is 26.3 Å². The molecular formula is C38H18F6S2. The number of hydrogen-bond acceptors (Lipinski definition) is 2. The molecule has 0 fully saturated rings. The number of hydrogen-bond donors (Lipinski definition) is 0. The van der Waals surface area contributed by atoms with Crippen LogP contribution in [0.1, 0.15) is 0 Å². The lowest BCUT2D eigenvalue weighted by Gasteiger charge is -2.10. The van der Waals surface area contributed by atoms with Crippen molar-refractivity contribution in [2.45, 2.75) is 0 Å². The Balaban J connectivity index is 1.10. The molecule has 0 aliphatic heterocycles. The standard InChI is InChI=1S/C38H18F6S2/c39-31-33(41)37(43)45-35(31)21-5-1-19(2-6-21)23-9-11-25-15-30-18-28-14-24(10-12-26(28)16-29(30)17-27(25)13-23)20-3-7-22(8-4-20)36-32(40)34(42)38(44)46-36/h1-18H. The van der Waals surface area contributed by atoms with Crippen LogP contribution in [0.3, 0.4) is 0 Å². The van der Waals surface area contributed by atoms with Crippen molar-refractivity contribution in [3.63, 3.8) is 0 Å². The number of halogens is 6. The van der Waals surface area contributed by atoms with Gasteiger partial charge in [0.25, 0.3) is 0 Å². The maximum Gasteiger partial charge on any atom is 0.215 e. The van der Waals surface area contributed by atoms with Crippen molar-refractivity contribution in [3.05, 3.63) is 143 Å². The summed E-state index contributed by atoms with van der Waals surface area (Å²) in [7, 11) is 0. The van der Waals surface area contributed by atoms with E-state index in [2.05, 4.69) is 36.4 Å². The molecule has 0 bridgehead atoms. The minimum absolute atomic E-state index is 0.0646. The summed E-state index contributed by atoms with van der Waals surface area (Å²) in [6.07, 6.45) is 0. The second-order valence-corrected chi connectivity index (χ2v) is 12.9. The highest BCUT2D eigenvalue weighted by Crippen LogP contribution is 2.37. The molecule has 0 amide bonds. The van der Waals surface area contributed by atoms with Crippen LogP contribution in [0.15, 0.2) is 109 Å². The highest BCUT2D eigenvalue weighted by atomic mass is 32.1. The quantitative estimate of drug-likeness (QED) is 0.131. The van der Waals surface area contributed by atoms with Crippen molar-refractivity contribution in [2.24, 2.45) is 0 Å². The fraction of sp³-hybridized carbons (Fsp3) is 0. The first kappa shape index (κ1) is 28.5. The van der Waals surface area contributed by atoms with Gasteiger partial charge >= 0.3 is 0 Å². The number of rotatable bonds is 4. The third-order valence-electron chi connectivity index (χ3n) is 8.22. The molecule has 0 spiro atoms. The van der Waals surface area contributed by atoms with Crippen LogP contribution in [0.5, 0.6) is 0 Å². The molecule has 0 aliphatic carbocycles. The molecule has 0 atom stereocenters. The van der Waals surface area contributed by atoms with Gasteiger partial charge in [-0.05, 0) is 102 Å². The Hall–Kier alpha value is -4.92. The van der Waals surface area contributed by atoms with Crippen molar-refractivity contribution < 1.29 is 26.3 Å². The maximum atomic E-state index is 14.1. The molecule has 0 radical (unpaired) electrons. The monoisotopic (exact) mass is 652 g/mol. The number of fused-ring (bicyclic) bond motifs is 3. The van der Waals surface area contributed by atoms with Crippen LogP contribution in [-0.4, -0.2) is 0 Å². The molecule has 0 N–H and O–H groups in total. The van der Waals surface area contributed by atoms with E-state index < -0.39 is 33.5 Å². The molecule has 224 valence electrons. The number of thiophene rings is 2. The van der Waals surface area contributed by atoms with E-state index in [-0.39, 0.29) is 9.75 Å². The SMILES string of the molecule is Fc1sc(-c2ccc(-c3ccc4cc5cc6cc(-c7ccc(-c8sc(F)c(F)c8F)cc7)ccc6cc5cc4c3)cc2)c(F)c1F. The van der Waals surface area contributed by atoms with Crippen LogP contribution in [0, 0.1) is 33.5 Å². The Bertz CT molecular complexity index is 2300. The van der Waals surface area contributed by atoms with Crippen molar-refractivity contribution in [1.82, 2.24) is 0 Å². The molecule has 0 saturated carbocycles. The maximum absolute atomic E-state index is 14.1. The Labute approximate surface area is 266 Å². The summed E-state index contributed by atoms with van der Waals surface area (Å²) < 4.78 is 82.3. The van der Waals surface area contributed by atoms with Gasteiger partial charge in [0.1, 0.15) is 0 Å². The van der Waals surface area contributed by atoms with Crippen molar-refractivity contribution in [2.75, 3.05) is 0 Å². The van der Waals surface area contributed by atoms with Gasteiger partial charge in [0, 0.05) is 0 Å². The minimum atomic E-state index is -1.45. The molecule has 46 heavy (non-hydrogen) atoms. The van der Waals surface area contributed by atoms with E-state index in [4.69, 9.17) is 0 Å². The van der Waals surface area contributed by atoms with Gasteiger partial charge in [-0.3, -0.25) is 0 Å². The highest BCUT2D eigenvalue weighted by Gasteiger charge is 2.21. The summed E-state index contributed by atoms with van der Waals surface area (Å²) in [6.45, 7) is 0. The van der Waals surface area contributed by atoms with Gasteiger partial charge in [0.15, 0.2) is 11.6 Å². The summed E-state index contributed by atoms with van der Waals surface area (Å²) >= 11 is 0.903. The topological polar surface area (TPSA) is 0 Å². The summed E-state index contributed by atoms with van der Waals surface area (Å²) in [5.41, 5.74) is 4.52. The van der Waals surface area contributed by atoms with Crippen LogP contribution in [-0.2, 0) is 0 Å². The van der Waals surface area contributed by atoms with E-state index in [1.807, 2.05) is 48.5 Å². The van der Waals surface area contributed by atoms with Gasteiger partial charge < -0.3 is 0 Å². The predicted molar refractivity (Wildman–Crippen MR) is 176 cm³/mol. The first-order chi connectivity index (χ1) is 22.2. The Morgan fingerprint density at radius 2 is 0.587 bits per heavy atom. The normalized spacial score (nSPS) is 11.7. The van der Waals surface area contributed by atoms with Crippen LogP contribution >= 0.6 is 22.7 Å². The lowest BCUT2D eigenvalue weighted by atomic mass is 9.95. The first-order valence-electron chi connectivity index (χ1n) is 14.1. The molecule has 8 rings (SSSR count). The zero-order valence-corrected chi connectivity index (χ0v) is 25.1. The molecule has 2 aromatic heterocycles. The van der Waals surface area contributed by atoms with E-state index >= 15 is 0 Å². The predicted octanol–water partition coefficient (Wildman–Crippen LogP) is 12.8. The van der Waals surface area contributed by atoms with Gasteiger partial charge in [0.2, 0.25) is 21.9 Å². The first-order valence-corrected chi connectivity index (χ1v) is 15.8. The second kappa shape index (κ2) is 10.9. The molecule has 0 saturated heterocycles. The Morgan fingerprint density at radius 3 is 0.935 bits per heavy atom. The molecule has 0 nitrogen and oxygen atoms in total. The molecule has 0 aliphatic rings. The van der Waals surface area contributed by atoms with Gasteiger partial charge in [-0.15, -0.1) is 0 Å². The third-order valence-corrected chi connectivity index (χ3v) is 10.2. The third kappa shape index (κ3) is 4.76. The van der Waals surface area contributed by atoms with E-state index in [1.54, 1.807) is 24.3 Å². The summed E-state index contributed by atoms with van der Waals surface area (Å²) in [4.78, 5) is -0.129. The van der Waals surface area contributed by atoms with E-state index in [1.165, 1.54) is 0 Å². The molecule has 8 aromatic rings. The fourth-order valence-electron chi connectivity index (χ4n) is 5.84. The molecule has 8 heteroatoms. The average Bonchev–Trinajstić information content (AvgIpc) is 3.49. The lowest BCUT2D eigenvalue weighted by Crippen LogP contribution is -1.84. The van der Waals surface area contributed by atoms with Crippen molar-refractivity contribution in [1.29, 1.82) is 0 Å². The minimum Gasteiger partial charge on any atom is -0.202 e. The van der Waals surface area contributed by atoms with E-state index in [0.29, 0.717) is 33.8 Å². The van der Waals surface area contributed by atoms with Gasteiger partial charge in [0.05, 0.1) is 9.75 Å². The van der Waals surface area contributed by atoms with Crippen molar-refractivity contribution in [3.8, 4) is 43.1 Å². The smallest absolute Gasteiger partial charge is 0.202 e. The van der Waals surface area contributed by atoms with Crippen LogP contribution in [0.4, 0.5) is 26.3 Å². The molecule has 0 unspecified atom stereocenters. The second-order valence-electron chi connectivity index (χ2n) is 11.0. The molecule has 2 heterocycles. The fourth-order valence-corrected chi connectivity index (χ4v) is 7.42. The molecule has 6 aromatic carbocycles. The summed E-state index contributed by atoms with van der Waals surface area (Å²) in [5, 5.41) is 4.01. The Morgan fingerprint density at radius 1 is 0.283 bits per heavy atom. The largest absolute Gasteiger partial charge is 0.215 e. The average molecular weight is 653 g/mol. The van der Waals surface area contributed by atoms with E-state index in [0.717, 1.165) is 54.6 Å². The highest BCUT2D eigenvalue weighted by molar-refractivity contribution is 7.14. The summed E-state index contributed by atoms with van der Waals surface area (Å²) in [6, 6.07) is 34.7. The van der Waals surface area contributed by atoms with Gasteiger partial charge in [-0.25, -0.2) is 8.78 Å². The van der Waals surface area contributed by atoms with Gasteiger partial charge in [-0.2, -0.15) is 17.6 Å². The van der Waals surface area contributed by atoms with Crippen molar-refractivity contribution >= 4 is 55.0 Å². The Kier molecular flexibility index (Phi) is 6.74. The molecular weight excluding hydrogens is 635 g/mol. The van der Waals surface area contributed by atoms with Crippen LogP contribution < -0.4 is 0 Å². The lowest BCUT2D eigenvalue weighted by molar-refractivity contribution is 0.468. The van der Waals surface area contributed by atoms with Crippen LogP contribution in [0.25, 0.3) is 75.5 Å².